The Morgan fingerprint density at radius 1 is 0.643 bits per heavy atom. The highest BCUT2D eigenvalue weighted by Crippen LogP contribution is 2.52. The number of epoxide rings is 2. The summed E-state index contributed by atoms with van der Waals surface area (Å²) in [4.78, 5) is 0. The van der Waals surface area contributed by atoms with Gasteiger partial charge in [0.15, 0.2) is 0 Å². The summed E-state index contributed by atoms with van der Waals surface area (Å²) in [5, 5.41) is 0. The molecule has 28 heavy (non-hydrogen) atoms. The smallest absolute Gasteiger partial charge is 0.0818 e. The average molecular weight is 370 g/mol. The molecule has 3 aromatic carbocycles. The van der Waals surface area contributed by atoms with E-state index in [1.54, 1.807) is 0 Å². The molecule has 2 atom stereocenters. The lowest BCUT2D eigenvalue weighted by atomic mass is 9.60. The highest BCUT2D eigenvalue weighted by Gasteiger charge is 2.49. The van der Waals surface area contributed by atoms with Crippen molar-refractivity contribution in [3.8, 4) is 0 Å². The molecule has 0 aliphatic carbocycles. The third-order valence-corrected chi connectivity index (χ3v) is 6.16. The predicted octanol–water partition coefficient (Wildman–Crippen LogP) is 5.33. The number of hydrogen-bond donors (Lipinski definition) is 0. The van der Waals surface area contributed by atoms with Crippen LogP contribution in [0.4, 0.5) is 0 Å². The maximum absolute atomic E-state index is 5.77. The molecule has 2 nitrogen and oxygen atoms in total. The lowest BCUT2D eigenvalue weighted by Gasteiger charge is -2.42. The molecule has 0 N–H and O–H groups in total. The van der Waals surface area contributed by atoms with E-state index in [0.29, 0.717) is 12.2 Å². The molecule has 5 rings (SSSR count). The van der Waals surface area contributed by atoms with E-state index in [1.165, 1.54) is 16.7 Å². The molecule has 2 heteroatoms. The maximum Gasteiger partial charge on any atom is 0.0818 e. The number of rotatable bonds is 8. The zero-order valence-electron chi connectivity index (χ0n) is 16.0. The molecule has 2 aliphatic heterocycles. The van der Waals surface area contributed by atoms with Crippen LogP contribution in [-0.2, 0) is 14.9 Å². The standard InChI is InChI=1S/C26H26O2/c1-4-10-20(11-5-1)25(21-12-6-2-7-13-21)26(16-23-18-27-23,17-24-19-28-24)22-14-8-3-9-15-22/h1-15,23-25H,16-19H2. The third kappa shape index (κ3) is 3.63. The van der Waals surface area contributed by atoms with Gasteiger partial charge in [-0.15, -0.1) is 0 Å². The normalized spacial score (nSPS) is 22.6. The molecule has 0 amide bonds. The first kappa shape index (κ1) is 17.7. The number of hydrogen-bond acceptors (Lipinski definition) is 2. The quantitative estimate of drug-likeness (QED) is 0.500. The van der Waals surface area contributed by atoms with Crippen LogP contribution in [0.5, 0.6) is 0 Å². The largest absolute Gasteiger partial charge is 0.373 e. The molecule has 142 valence electrons. The Kier molecular flexibility index (Phi) is 4.76. The van der Waals surface area contributed by atoms with Gasteiger partial charge in [0.1, 0.15) is 0 Å². The zero-order valence-corrected chi connectivity index (χ0v) is 16.0. The van der Waals surface area contributed by atoms with Crippen LogP contribution in [0.25, 0.3) is 0 Å². The lowest BCUT2D eigenvalue weighted by Crippen LogP contribution is -2.38. The summed E-state index contributed by atoms with van der Waals surface area (Å²) >= 11 is 0. The van der Waals surface area contributed by atoms with Gasteiger partial charge in [0.05, 0.1) is 25.4 Å². The Morgan fingerprint density at radius 2 is 1.04 bits per heavy atom. The van der Waals surface area contributed by atoms with Crippen LogP contribution in [0.3, 0.4) is 0 Å². The van der Waals surface area contributed by atoms with E-state index in [1.807, 2.05) is 0 Å². The summed E-state index contributed by atoms with van der Waals surface area (Å²) in [5.41, 5.74) is 4.04. The first-order valence-corrected chi connectivity index (χ1v) is 10.2. The van der Waals surface area contributed by atoms with Crippen molar-refractivity contribution in [3.63, 3.8) is 0 Å². The second-order valence-electron chi connectivity index (χ2n) is 8.10. The van der Waals surface area contributed by atoms with Gasteiger partial charge in [-0.25, -0.2) is 0 Å². The van der Waals surface area contributed by atoms with Crippen LogP contribution in [0.15, 0.2) is 91.0 Å². The Bertz CT molecular complexity index is 830. The van der Waals surface area contributed by atoms with Gasteiger partial charge in [-0.2, -0.15) is 0 Å². The zero-order chi connectivity index (χ0) is 18.8. The molecule has 0 aromatic heterocycles. The van der Waals surface area contributed by atoms with Crippen molar-refractivity contribution in [1.29, 1.82) is 0 Å². The number of benzene rings is 3. The Morgan fingerprint density at radius 3 is 1.43 bits per heavy atom. The molecule has 3 aromatic rings. The third-order valence-electron chi connectivity index (χ3n) is 6.16. The second kappa shape index (κ2) is 7.54. The molecular formula is C26H26O2. The topological polar surface area (TPSA) is 25.1 Å². The predicted molar refractivity (Wildman–Crippen MR) is 112 cm³/mol. The molecule has 0 radical (unpaired) electrons. The summed E-state index contributed by atoms with van der Waals surface area (Å²) in [6.45, 7) is 1.74. The van der Waals surface area contributed by atoms with Crippen LogP contribution < -0.4 is 0 Å². The van der Waals surface area contributed by atoms with E-state index in [2.05, 4.69) is 91.0 Å². The van der Waals surface area contributed by atoms with E-state index in [4.69, 9.17) is 9.47 Å². The highest BCUT2D eigenvalue weighted by atomic mass is 16.6. The molecule has 2 fully saturated rings. The van der Waals surface area contributed by atoms with Gasteiger partial charge in [-0.1, -0.05) is 91.0 Å². The first-order chi connectivity index (χ1) is 13.9. The molecular weight excluding hydrogens is 344 g/mol. The Hall–Kier alpha value is -2.42. The summed E-state index contributed by atoms with van der Waals surface area (Å²) in [6.07, 6.45) is 2.72. The van der Waals surface area contributed by atoms with Crippen LogP contribution in [0.2, 0.25) is 0 Å². The van der Waals surface area contributed by atoms with Gasteiger partial charge in [0.2, 0.25) is 0 Å². The van der Waals surface area contributed by atoms with Crippen molar-refractivity contribution in [2.24, 2.45) is 0 Å². The summed E-state index contributed by atoms with van der Waals surface area (Å²) < 4.78 is 11.5. The van der Waals surface area contributed by atoms with Gasteiger partial charge >= 0.3 is 0 Å². The molecule has 2 unspecified atom stereocenters. The van der Waals surface area contributed by atoms with Gasteiger partial charge in [0, 0.05) is 11.3 Å². The fraction of sp³-hybridized carbons (Fsp3) is 0.308. The van der Waals surface area contributed by atoms with Crippen LogP contribution in [-0.4, -0.2) is 25.4 Å². The average Bonchev–Trinajstić information content (AvgIpc) is 3.68. The number of ether oxygens (including phenoxy) is 2. The van der Waals surface area contributed by atoms with Crippen LogP contribution >= 0.6 is 0 Å². The van der Waals surface area contributed by atoms with Gasteiger partial charge in [0.25, 0.3) is 0 Å². The van der Waals surface area contributed by atoms with Crippen molar-refractivity contribution < 1.29 is 9.47 Å². The second-order valence-corrected chi connectivity index (χ2v) is 8.10. The van der Waals surface area contributed by atoms with Gasteiger partial charge < -0.3 is 9.47 Å². The van der Waals surface area contributed by atoms with Crippen molar-refractivity contribution in [2.75, 3.05) is 13.2 Å². The molecule has 0 spiro atoms. The van der Waals surface area contributed by atoms with E-state index in [0.717, 1.165) is 26.1 Å². The fourth-order valence-electron chi connectivity index (χ4n) is 4.80. The van der Waals surface area contributed by atoms with Gasteiger partial charge in [-0.05, 0) is 29.5 Å². The highest BCUT2D eigenvalue weighted by molar-refractivity contribution is 5.43. The monoisotopic (exact) mass is 370 g/mol. The van der Waals surface area contributed by atoms with E-state index in [9.17, 15) is 0 Å². The molecule has 0 saturated carbocycles. The minimum absolute atomic E-state index is 0.0632. The van der Waals surface area contributed by atoms with Crippen molar-refractivity contribution >= 4 is 0 Å². The SMILES string of the molecule is c1ccc(C(c2ccccc2)C(CC2CO2)(CC2CO2)c2ccccc2)cc1. The van der Waals surface area contributed by atoms with Crippen LogP contribution in [0.1, 0.15) is 35.4 Å². The molecule has 2 heterocycles. The maximum atomic E-state index is 5.77. The Labute approximate surface area is 167 Å². The summed E-state index contributed by atoms with van der Waals surface area (Å²) in [7, 11) is 0. The van der Waals surface area contributed by atoms with Crippen LogP contribution in [0, 0.1) is 0 Å². The van der Waals surface area contributed by atoms with E-state index < -0.39 is 0 Å². The summed E-state index contributed by atoms with van der Waals surface area (Å²) in [5.74, 6) is 0.255. The first-order valence-electron chi connectivity index (χ1n) is 10.2. The lowest BCUT2D eigenvalue weighted by molar-refractivity contribution is 0.245. The molecule has 0 bridgehead atoms. The van der Waals surface area contributed by atoms with Crippen molar-refractivity contribution in [3.05, 3.63) is 108 Å². The van der Waals surface area contributed by atoms with E-state index >= 15 is 0 Å². The minimum Gasteiger partial charge on any atom is -0.373 e. The molecule has 2 saturated heterocycles. The van der Waals surface area contributed by atoms with Crippen molar-refractivity contribution in [2.45, 2.75) is 36.4 Å². The Balaban J connectivity index is 1.71. The summed E-state index contributed by atoms with van der Waals surface area (Å²) in [6, 6.07) is 32.9. The van der Waals surface area contributed by atoms with Crippen molar-refractivity contribution in [1.82, 2.24) is 0 Å². The minimum atomic E-state index is -0.0632. The molecule has 2 aliphatic rings. The fourth-order valence-corrected chi connectivity index (χ4v) is 4.80. The van der Waals surface area contributed by atoms with Gasteiger partial charge in [-0.3, -0.25) is 0 Å². The van der Waals surface area contributed by atoms with E-state index in [-0.39, 0.29) is 11.3 Å².